The Morgan fingerprint density at radius 1 is 0.311 bits per heavy atom. The lowest BCUT2D eigenvalue weighted by Crippen LogP contribution is -2.70. The first-order valence-electron chi connectivity index (χ1n) is 41.8. The molecule has 0 spiro atoms. The van der Waals surface area contributed by atoms with Crippen LogP contribution in [0.2, 0.25) is 0 Å². The van der Waals surface area contributed by atoms with Crippen LogP contribution in [0.25, 0.3) is 73.8 Å². The van der Waals surface area contributed by atoms with Gasteiger partial charge in [-0.1, -0.05) is 79.2 Å². The quantitative estimate of drug-likeness (QED) is 0.0220. The molecule has 2 aromatic rings. The molecule has 23 aliphatic rings. The molecular formula is C78H97N19O37S. The Kier molecular flexibility index (Phi) is 38.9. The molecule has 0 aromatic heterocycles. The average molecular weight is 1920 g/mol. The number of azide groups is 6. The van der Waals surface area contributed by atoms with E-state index in [4.69, 9.17) is 118 Å². The minimum absolute atomic E-state index is 0.0229. The van der Waals surface area contributed by atoms with Gasteiger partial charge in [0.05, 0.1) is 75.9 Å². The maximum atomic E-state index is 14.1. The van der Waals surface area contributed by atoms with Crippen LogP contribution >= 0.6 is 11.8 Å². The Bertz CT molecular complexity index is 4830. The number of hydrogen-bond acceptors (Lipinski definition) is 44. The van der Waals surface area contributed by atoms with E-state index in [0.29, 0.717) is 0 Å². The zero-order chi connectivity index (χ0) is 97.9. The summed E-state index contributed by atoms with van der Waals surface area (Å²) in [6.07, 6.45) is -65.7. The number of ether oxygens (including phenoxy) is 25. The average Bonchev–Trinajstić information content (AvgIpc) is 1.50. The number of amides is 1. The molecule has 22 aliphatic heterocycles. The van der Waals surface area contributed by atoms with Gasteiger partial charge in [-0.25, -0.2) is 4.79 Å². The van der Waals surface area contributed by atoms with Crippen LogP contribution in [0.4, 0.5) is 4.79 Å². The van der Waals surface area contributed by atoms with Gasteiger partial charge in [0.2, 0.25) is 0 Å². The van der Waals surface area contributed by atoms with E-state index in [0.717, 1.165) is 98.4 Å². The highest BCUT2D eigenvalue weighted by atomic mass is 32.2. The van der Waals surface area contributed by atoms with E-state index >= 15 is 0 Å². The lowest BCUT2D eigenvalue weighted by Gasteiger charge is -2.53. The molecule has 2 aromatic carbocycles. The maximum Gasteiger partial charge on any atom is 0.407 e. The summed E-state index contributed by atoms with van der Waals surface area (Å²) in [5.41, 5.74) is 64.6. The summed E-state index contributed by atoms with van der Waals surface area (Å²) in [5.74, 6) is -13.2. The predicted octanol–water partition coefficient (Wildman–Crippen LogP) is 5.82. The van der Waals surface area contributed by atoms with Gasteiger partial charge in [-0.3, -0.25) is 52.7 Å². The van der Waals surface area contributed by atoms with Crippen molar-refractivity contribution in [1.29, 1.82) is 0 Å². The van der Waals surface area contributed by atoms with E-state index in [1.54, 1.807) is 0 Å². The zero-order valence-corrected chi connectivity index (χ0v) is 74.9. The second-order valence-electron chi connectivity index (χ2n) is 30.7. The number of rotatable bonds is 33. The second kappa shape index (κ2) is 50.2. The van der Waals surface area contributed by atoms with Gasteiger partial charge in [0.15, 0.2) is 105 Å². The maximum absolute atomic E-state index is 14.1. The standard InChI is InChI=1S/C78H97N19O37S/c1-32(98)112-60-54-48(25-86-92-79)123-72(66(60)110-22-16-23-135-24-21-85-78(109)111-31-47-45-19-14-12-17-43(45)44-18-13-15-20-46(44)47)129-55-49(26-87-93-80)124-74(67(118-38(7)104)61(55)113-33(2)99)131-57-51(28-89-95-82)126-76(69(120-40(9)106)63(57)115-35(4)101)133-59-53(30-91-97-84)128-77(71(122-42(11)108)65(59)117-37(6)103)134-58-52(29-90-96-83)127-75(70(121-41(10)107)64(58)116-36(5)102)132-56-50(27-88-94-81)125-73(130-54)68(119-39(8)105)62(56)114-34(3)100/h12-15,17-20,47-77H,16,21-31H2,1-11H3,(H,85,109)/t48-,49-,50-,51+,52+,53+,54-,55-,56-,57+,58+,59+,60+,61+,62+,63-,64-,65-,66-,67-,68-,69+,70+,71+,72-,73-,74-,75+,76+,77+/m1/s1. The third-order valence-corrected chi connectivity index (χ3v) is 22.2. The van der Waals surface area contributed by atoms with Crippen LogP contribution in [-0.2, 0) is 171 Å². The highest BCUT2D eigenvalue weighted by Crippen LogP contribution is 2.47. The van der Waals surface area contributed by atoms with Crippen molar-refractivity contribution in [2.24, 2.45) is 30.7 Å². The molecule has 22 heterocycles. The topological polar surface area (TPSA) is 740 Å². The van der Waals surface area contributed by atoms with E-state index in [1.807, 2.05) is 48.5 Å². The number of esters is 11. The number of nitrogens with one attached hydrogen (secondary N) is 1. The van der Waals surface area contributed by atoms with Crippen molar-refractivity contribution in [2.45, 2.75) is 273 Å². The summed E-state index contributed by atoms with van der Waals surface area (Å²) in [5, 5.41) is 25.0. The fourth-order valence-corrected chi connectivity index (χ4v) is 17.3. The van der Waals surface area contributed by atoms with Crippen molar-refractivity contribution >= 4 is 83.5 Å². The van der Waals surface area contributed by atoms with Gasteiger partial charge >= 0.3 is 71.8 Å². The van der Waals surface area contributed by atoms with Crippen LogP contribution in [0, 0.1) is 0 Å². The number of carbonyl (C=O) groups excluding carboxylic acids is 12. The first-order valence-corrected chi connectivity index (χ1v) is 42.9. The molecule has 57 heteroatoms. The molecule has 0 unspecified atom stereocenters. The Hall–Kier alpha value is -12.4. The van der Waals surface area contributed by atoms with E-state index in [-0.39, 0.29) is 37.0 Å². The third-order valence-electron chi connectivity index (χ3n) is 21.2. The summed E-state index contributed by atoms with van der Waals surface area (Å²) in [6, 6.07) is 15.5. The van der Waals surface area contributed by atoms with Gasteiger partial charge in [0, 0.05) is 130 Å². The molecule has 1 amide bonds. The van der Waals surface area contributed by atoms with E-state index < -0.39 is 302 Å². The minimum Gasteiger partial charge on any atom is -0.457 e. The Morgan fingerprint density at radius 2 is 0.533 bits per heavy atom. The number of nitrogens with zero attached hydrogens (tertiary/aromatic N) is 18. The van der Waals surface area contributed by atoms with Crippen molar-refractivity contribution < 1.29 is 176 Å². The van der Waals surface area contributed by atoms with Crippen LogP contribution in [0.5, 0.6) is 0 Å². The summed E-state index contributed by atoms with van der Waals surface area (Å²) >= 11 is 1.31. The lowest BCUT2D eigenvalue weighted by molar-refractivity contribution is -0.399. The molecule has 30 atom stereocenters. The number of thioether (sulfide) groups is 1. The fourth-order valence-electron chi connectivity index (χ4n) is 16.5. The van der Waals surface area contributed by atoms with Crippen molar-refractivity contribution in [3.63, 3.8) is 0 Å². The molecule has 22 saturated heterocycles. The molecule has 22 fully saturated rings. The highest BCUT2D eigenvalue weighted by Gasteiger charge is 2.65. The highest BCUT2D eigenvalue weighted by molar-refractivity contribution is 7.99. The Labute approximate surface area is 769 Å². The summed E-state index contributed by atoms with van der Waals surface area (Å²) in [4.78, 5) is 183. The molecular weight excluding hydrogens is 1830 g/mol. The summed E-state index contributed by atoms with van der Waals surface area (Å²) < 4.78 is 158. The van der Waals surface area contributed by atoms with Crippen LogP contribution in [0.1, 0.15) is 99.6 Å². The smallest absolute Gasteiger partial charge is 0.407 e. The van der Waals surface area contributed by atoms with Crippen LogP contribution in [0.3, 0.4) is 0 Å². The van der Waals surface area contributed by atoms with Gasteiger partial charge in [-0.05, 0) is 67.6 Å². The SMILES string of the molecule is CC(=O)O[C@@H]1[C@@H](OC(C)=O)[C@H]2O[C@H]3[C@H](OC(C)=O)[C@@H](OCCCSCCNC(=O)OCC4c5ccccc5-c5ccccc54)[C@@H](O[C@H]4[C@H](OC(C)=O)[C@@H](OC(C)=O)[C@@H](O[C@@H]5[C@@H](OC(C)=O)[C@H](OC(C)=O)[C@H](O[C@@H]6[C@@H](OC(C)=O)[C@H](OC(C)=O)[C@H](O[C@@H]7[C@@H](OC(C)=O)[C@H](OC(C)=O)[C@H](O[C@@H]1[C@@H](CN=[N+]=[N-])O2)O[C@H]7CN=[N+]=[N-])O[C@H]6CN=[N+]=[N-])O[C@H]5CN=[N+]=[N-])O[C@@H]4CN=[N+]=[N-])O[C@@H]3CN=[N+]=[N-]. The number of benzene rings is 2. The second-order valence-corrected chi connectivity index (χ2v) is 31.9. The predicted molar refractivity (Wildman–Crippen MR) is 441 cm³/mol. The molecule has 1 N–H and O–H groups in total. The van der Waals surface area contributed by atoms with Crippen LogP contribution in [-0.4, -0.2) is 327 Å². The molecule has 1 aliphatic carbocycles. The van der Waals surface area contributed by atoms with Crippen molar-refractivity contribution in [3.8, 4) is 11.1 Å². The number of fused-ring (bicyclic) bond motifs is 3. The van der Waals surface area contributed by atoms with Crippen LogP contribution in [0.15, 0.2) is 79.2 Å². The fraction of sp³-hybridized carbons (Fsp3) is 0.692. The molecule has 12 bridgehead atoms. The number of carbonyl (C=O) groups is 12. The lowest BCUT2D eigenvalue weighted by atomic mass is 9.93. The normalized spacial score (nSPS) is 32.2. The number of alkyl carbamates (subject to hydrolysis) is 1. The summed E-state index contributed by atoms with van der Waals surface area (Å²) in [6.45, 7) is 3.47. The van der Waals surface area contributed by atoms with Gasteiger partial charge in [-0.15, -0.1) is 0 Å². The van der Waals surface area contributed by atoms with E-state index in [2.05, 4.69) is 65.5 Å². The van der Waals surface area contributed by atoms with E-state index in [1.165, 1.54) is 11.8 Å². The van der Waals surface area contributed by atoms with Crippen LogP contribution < -0.4 is 5.32 Å². The minimum atomic E-state index is -2.35. The zero-order valence-electron chi connectivity index (χ0n) is 74.1. The van der Waals surface area contributed by atoms with Crippen molar-refractivity contribution in [3.05, 3.63) is 122 Å². The molecule has 0 radical (unpaired) electrons. The molecule has 0 saturated carbocycles. The van der Waals surface area contributed by atoms with Crippen molar-refractivity contribution in [2.75, 3.05) is 70.5 Å². The number of hydrogen-bond donors (Lipinski definition) is 1. The monoisotopic (exact) mass is 1920 g/mol. The molecule has 25 rings (SSSR count). The Balaban J connectivity index is 1.15. The Morgan fingerprint density at radius 3 is 0.770 bits per heavy atom. The van der Waals surface area contributed by atoms with E-state index in [9.17, 15) is 90.7 Å². The third kappa shape index (κ3) is 27.9. The van der Waals surface area contributed by atoms with Crippen molar-refractivity contribution in [1.82, 2.24) is 5.32 Å². The molecule has 732 valence electrons. The molecule has 56 nitrogen and oxygen atoms in total. The van der Waals surface area contributed by atoms with Gasteiger partial charge in [0.1, 0.15) is 49.3 Å². The largest absolute Gasteiger partial charge is 0.457 e. The molecule has 135 heavy (non-hydrogen) atoms. The van der Waals surface area contributed by atoms with Gasteiger partial charge < -0.3 is 124 Å². The summed E-state index contributed by atoms with van der Waals surface area (Å²) in [7, 11) is 0. The first-order chi connectivity index (χ1) is 64.7. The van der Waals surface area contributed by atoms with Gasteiger partial charge in [-0.2, -0.15) is 11.8 Å². The first kappa shape index (κ1) is 105. The van der Waals surface area contributed by atoms with Gasteiger partial charge in [0.25, 0.3) is 0 Å².